The smallest absolute Gasteiger partial charge is 0.227 e. The van der Waals surface area contributed by atoms with E-state index in [1.165, 1.54) is 19.2 Å². The first-order valence-electron chi connectivity index (χ1n) is 11.4. The van der Waals surface area contributed by atoms with Gasteiger partial charge in [0.15, 0.2) is 17.3 Å². The Morgan fingerprint density at radius 2 is 1.89 bits per heavy atom. The van der Waals surface area contributed by atoms with Crippen molar-refractivity contribution in [2.24, 2.45) is 0 Å². The molecule has 0 spiro atoms. The molecule has 0 saturated carbocycles. The zero-order chi connectivity index (χ0) is 25.8. The number of hydrogen-bond acceptors (Lipinski definition) is 7. The Kier molecular flexibility index (Phi) is 7.19. The molecule has 9 heteroatoms. The molecule has 0 aliphatic rings. The van der Waals surface area contributed by atoms with Crippen LogP contribution >= 0.6 is 0 Å². The molecule has 36 heavy (non-hydrogen) atoms. The molecular weight excluding hydrogens is 464 g/mol. The second-order valence-corrected chi connectivity index (χ2v) is 8.41. The quantitative estimate of drug-likeness (QED) is 0.326. The standard InChI is InChI=1S/C27H28N2O7/c1-16-12-23(31)26(33)27(36-16)20(17-4-7-22(30)24(14-17)35-3)15-25(32)28-9-11-29-10-8-18-13-19(34-2)5-6-21(18)29/h4-8,10,12-14,20,30,33H,9,11,15H2,1-3H3,(H,28,32). The third-order valence-corrected chi connectivity index (χ3v) is 6.04. The zero-order valence-corrected chi connectivity index (χ0v) is 20.3. The third kappa shape index (κ3) is 5.14. The minimum Gasteiger partial charge on any atom is -0.504 e. The van der Waals surface area contributed by atoms with E-state index in [1.807, 2.05) is 35.0 Å². The zero-order valence-electron chi connectivity index (χ0n) is 20.3. The fraction of sp³-hybridized carbons (Fsp3) is 0.259. The molecule has 2 heterocycles. The number of nitrogens with one attached hydrogen (secondary N) is 1. The summed E-state index contributed by atoms with van der Waals surface area (Å²) in [4.78, 5) is 25.2. The molecular formula is C27H28N2O7. The maximum atomic E-state index is 13.0. The lowest BCUT2D eigenvalue weighted by molar-refractivity contribution is -0.121. The van der Waals surface area contributed by atoms with Crippen molar-refractivity contribution in [3.05, 3.63) is 82.0 Å². The van der Waals surface area contributed by atoms with Crippen molar-refractivity contribution in [1.82, 2.24) is 9.88 Å². The Morgan fingerprint density at radius 3 is 2.64 bits per heavy atom. The SMILES string of the molecule is COc1ccc2c(ccn2CCNC(=O)CC(c2ccc(O)c(OC)c2)c2oc(C)cc(=O)c2O)c1. The molecule has 1 amide bonds. The number of carbonyl (C=O) groups is 1. The van der Waals surface area contributed by atoms with Crippen LogP contribution in [0.15, 0.2) is 63.9 Å². The number of fused-ring (bicyclic) bond motifs is 1. The van der Waals surface area contributed by atoms with E-state index >= 15 is 0 Å². The highest BCUT2D eigenvalue weighted by Crippen LogP contribution is 2.37. The van der Waals surface area contributed by atoms with Gasteiger partial charge in [0.1, 0.15) is 11.5 Å². The number of methoxy groups -OCH3 is 2. The molecule has 1 atom stereocenters. The summed E-state index contributed by atoms with van der Waals surface area (Å²) in [5, 5.41) is 24.4. The Bertz CT molecular complexity index is 1450. The number of phenolic OH excluding ortho intramolecular Hbond substituents is 1. The molecule has 1 unspecified atom stereocenters. The molecule has 9 nitrogen and oxygen atoms in total. The van der Waals surface area contributed by atoms with E-state index in [-0.39, 0.29) is 29.6 Å². The lowest BCUT2D eigenvalue weighted by Crippen LogP contribution is -2.28. The van der Waals surface area contributed by atoms with Crippen molar-refractivity contribution in [1.29, 1.82) is 0 Å². The van der Waals surface area contributed by atoms with Gasteiger partial charge in [-0.2, -0.15) is 0 Å². The topological polar surface area (TPSA) is 123 Å². The maximum Gasteiger partial charge on any atom is 0.227 e. The summed E-state index contributed by atoms with van der Waals surface area (Å²) >= 11 is 0. The number of phenols is 1. The van der Waals surface area contributed by atoms with Gasteiger partial charge >= 0.3 is 0 Å². The van der Waals surface area contributed by atoms with Crippen molar-refractivity contribution in [3.8, 4) is 23.0 Å². The molecule has 0 aliphatic heterocycles. The van der Waals surface area contributed by atoms with E-state index in [4.69, 9.17) is 13.9 Å². The monoisotopic (exact) mass is 492 g/mol. The van der Waals surface area contributed by atoms with Crippen LogP contribution in [0.4, 0.5) is 0 Å². The fourth-order valence-corrected chi connectivity index (χ4v) is 4.21. The van der Waals surface area contributed by atoms with Crippen molar-refractivity contribution in [2.45, 2.75) is 25.8 Å². The van der Waals surface area contributed by atoms with Crippen LogP contribution in [0.5, 0.6) is 23.0 Å². The summed E-state index contributed by atoms with van der Waals surface area (Å²) in [7, 11) is 3.03. The highest BCUT2D eigenvalue weighted by Gasteiger charge is 2.26. The number of amides is 1. The van der Waals surface area contributed by atoms with Gasteiger partial charge in [-0.25, -0.2) is 0 Å². The number of nitrogens with zero attached hydrogens (tertiary/aromatic N) is 1. The van der Waals surface area contributed by atoms with E-state index in [9.17, 15) is 19.8 Å². The van der Waals surface area contributed by atoms with Crippen LogP contribution in [0.1, 0.15) is 29.4 Å². The van der Waals surface area contributed by atoms with Crippen molar-refractivity contribution in [2.75, 3.05) is 20.8 Å². The van der Waals surface area contributed by atoms with E-state index in [0.717, 1.165) is 16.7 Å². The molecule has 2 aromatic heterocycles. The van der Waals surface area contributed by atoms with Gasteiger partial charge in [-0.05, 0) is 48.9 Å². The van der Waals surface area contributed by atoms with E-state index in [1.54, 1.807) is 26.2 Å². The number of aryl methyl sites for hydroxylation is 1. The molecule has 3 N–H and O–H groups in total. The summed E-state index contributed by atoms with van der Waals surface area (Å²) in [5.41, 5.74) is 0.959. The van der Waals surface area contributed by atoms with Crippen molar-refractivity contribution >= 4 is 16.8 Å². The first-order valence-corrected chi connectivity index (χ1v) is 11.4. The second-order valence-electron chi connectivity index (χ2n) is 8.41. The number of aromatic hydroxyl groups is 2. The van der Waals surface area contributed by atoms with Crippen molar-refractivity contribution in [3.63, 3.8) is 0 Å². The lowest BCUT2D eigenvalue weighted by Gasteiger charge is -2.19. The van der Waals surface area contributed by atoms with Crippen LogP contribution in [-0.2, 0) is 11.3 Å². The molecule has 0 saturated heterocycles. The first-order chi connectivity index (χ1) is 17.3. The second kappa shape index (κ2) is 10.5. The summed E-state index contributed by atoms with van der Waals surface area (Å²) in [5.74, 6) is -0.454. The average molecular weight is 493 g/mol. The summed E-state index contributed by atoms with van der Waals surface area (Å²) in [6.45, 7) is 2.50. The van der Waals surface area contributed by atoms with Crippen LogP contribution in [0, 0.1) is 6.92 Å². The Balaban J connectivity index is 1.53. The molecule has 188 valence electrons. The van der Waals surface area contributed by atoms with Crippen LogP contribution in [0.25, 0.3) is 10.9 Å². The fourth-order valence-electron chi connectivity index (χ4n) is 4.21. The molecule has 0 fully saturated rings. The normalized spacial score (nSPS) is 11.9. The van der Waals surface area contributed by atoms with Gasteiger partial charge in [0.05, 0.1) is 20.1 Å². The van der Waals surface area contributed by atoms with Crippen LogP contribution in [0.2, 0.25) is 0 Å². The molecule has 2 aromatic carbocycles. The predicted molar refractivity (Wildman–Crippen MR) is 134 cm³/mol. The molecule has 0 bridgehead atoms. The summed E-state index contributed by atoms with van der Waals surface area (Å²) in [6.07, 6.45) is 1.85. The van der Waals surface area contributed by atoms with E-state index in [2.05, 4.69) is 5.32 Å². The van der Waals surface area contributed by atoms with Gasteiger partial charge < -0.3 is 34.0 Å². The number of benzene rings is 2. The van der Waals surface area contributed by atoms with Gasteiger partial charge in [-0.15, -0.1) is 0 Å². The van der Waals surface area contributed by atoms with Crippen LogP contribution in [-0.4, -0.2) is 41.5 Å². The largest absolute Gasteiger partial charge is 0.504 e. The molecule has 4 aromatic rings. The minimum atomic E-state index is -0.785. The Labute approximate surface area is 207 Å². The number of hydrogen-bond donors (Lipinski definition) is 3. The highest BCUT2D eigenvalue weighted by molar-refractivity contribution is 5.82. The van der Waals surface area contributed by atoms with E-state index in [0.29, 0.717) is 24.4 Å². The third-order valence-electron chi connectivity index (χ3n) is 6.04. The first kappa shape index (κ1) is 24.7. The highest BCUT2D eigenvalue weighted by atomic mass is 16.5. The number of rotatable bonds is 9. The molecule has 4 rings (SSSR count). The summed E-state index contributed by atoms with van der Waals surface area (Å²) < 4.78 is 18.2. The Hall–Kier alpha value is -4.40. The lowest BCUT2D eigenvalue weighted by atomic mass is 9.91. The Morgan fingerprint density at radius 1 is 1.08 bits per heavy atom. The van der Waals surface area contributed by atoms with Gasteiger partial charge in [0, 0.05) is 42.7 Å². The van der Waals surface area contributed by atoms with E-state index < -0.39 is 17.1 Å². The van der Waals surface area contributed by atoms with Gasteiger partial charge in [0.2, 0.25) is 17.1 Å². The van der Waals surface area contributed by atoms with Gasteiger partial charge in [0.25, 0.3) is 0 Å². The minimum absolute atomic E-state index is 0.0201. The van der Waals surface area contributed by atoms with Gasteiger partial charge in [-0.3, -0.25) is 9.59 Å². The summed E-state index contributed by atoms with van der Waals surface area (Å²) in [6, 6.07) is 13.5. The predicted octanol–water partition coefficient (Wildman–Crippen LogP) is 3.67. The maximum absolute atomic E-state index is 13.0. The van der Waals surface area contributed by atoms with Crippen LogP contribution in [0.3, 0.4) is 0 Å². The number of aromatic nitrogens is 1. The average Bonchev–Trinajstić information content (AvgIpc) is 3.27. The number of carbonyl (C=O) groups excluding carboxylic acids is 1. The molecule has 0 aliphatic carbocycles. The van der Waals surface area contributed by atoms with Crippen molar-refractivity contribution < 1.29 is 28.9 Å². The number of ether oxygens (including phenoxy) is 2. The van der Waals surface area contributed by atoms with Crippen LogP contribution < -0.4 is 20.2 Å². The van der Waals surface area contributed by atoms with Gasteiger partial charge in [-0.1, -0.05) is 6.07 Å². The molecule has 0 radical (unpaired) electrons.